The zero-order valence-electron chi connectivity index (χ0n) is 16.1. The highest BCUT2D eigenvalue weighted by Gasteiger charge is 2.13. The first-order valence-corrected chi connectivity index (χ1v) is 9.82. The molecule has 0 fully saturated rings. The summed E-state index contributed by atoms with van der Waals surface area (Å²) in [5, 5.41) is 0. The van der Waals surface area contributed by atoms with Crippen molar-refractivity contribution in [2.75, 3.05) is 26.5 Å². The predicted octanol–water partition coefficient (Wildman–Crippen LogP) is 4.90. The van der Waals surface area contributed by atoms with Gasteiger partial charge in [0.05, 0.1) is 12.0 Å². The molecule has 0 aliphatic heterocycles. The third kappa shape index (κ3) is 5.36. The van der Waals surface area contributed by atoms with Crippen molar-refractivity contribution in [3.63, 3.8) is 0 Å². The predicted molar refractivity (Wildman–Crippen MR) is 110 cm³/mol. The molecule has 26 heavy (non-hydrogen) atoms. The van der Waals surface area contributed by atoms with Gasteiger partial charge in [-0.15, -0.1) is 11.8 Å². The number of rotatable bonds is 8. The van der Waals surface area contributed by atoms with Gasteiger partial charge in [0.2, 0.25) is 0 Å². The first-order valence-electron chi connectivity index (χ1n) is 8.60. The molecule has 0 N–H and O–H groups in total. The summed E-state index contributed by atoms with van der Waals surface area (Å²) in [6.07, 6.45) is 3.82. The number of ether oxygens (including phenoxy) is 1. The van der Waals surface area contributed by atoms with Crippen molar-refractivity contribution in [2.24, 2.45) is 4.99 Å². The Bertz CT molecular complexity index is 803. The van der Waals surface area contributed by atoms with Crippen molar-refractivity contribution in [1.29, 1.82) is 0 Å². The van der Waals surface area contributed by atoms with Crippen LogP contribution in [-0.2, 0) is 0 Å². The maximum Gasteiger partial charge on any atom is 0.200 e. The molecule has 2 aromatic carbocycles. The van der Waals surface area contributed by atoms with Crippen LogP contribution >= 0.6 is 11.8 Å². The van der Waals surface area contributed by atoms with E-state index >= 15 is 0 Å². The van der Waals surface area contributed by atoms with Crippen LogP contribution in [0, 0.1) is 13.8 Å². The average molecular weight is 371 g/mol. The first kappa shape index (κ1) is 20.0. The largest absolute Gasteiger partial charge is 0.485 e. The summed E-state index contributed by atoms with van der Waals surface area (Å²) < 4.78 is 5.68. The summed E-state index contributed by atoms with van der Waals surface area (Å²) in [4.78, 5) is 20.2. The fraction of sp³-hybridized carbons (Fsp3) is 0.333. The Labute approximate surface area is 160 Å². The molecule has 2 aromatic rings. The van der Waals surface area contributed by atoms with Crippen molar-refractivity contribution in [3.8, 4) is 5.75 Å². The smallest absolute Gasteiger partial charge is 0.200 e. The van der Waals surface area contributed by atoms with E-state index in [1.807, 2.05) is 74.8 Å². The third-order valence-corrected chi connectivity index (χ3v) is 4.87. The standard InChI is InChI=1S/C21H26N2O2S/c1-6-23(4)14-22-20-11-15(2)19(10-16(20)3)21(24)13-25-17-8-7-9-18(12-17)26-5/h7-12,14H,6,13H2,1-5H3. The molecule has 4 nitrogen and oxygen atoms in total. The van der Waals surface area contributed by atoms with Crippen LogP contribution in [0.4, 0.5) is 5.69 Å². The van der Waals surface area contributed by atoms with Gasteiger partial charge >= 0.3 is 0 Å². The highest BCUT2D eigenvalue weighted by molar-refractivity contribution is 7.98. The van der Waals surface area contributed by atoms with E-state index in [1.165, 1.54) is 0 Å². The molecule has 0 spiro atoms. The molecule has 5 heteroatoms. The molecule has 138 valence electrons. The van der Waals surface area contributed by atoms with Gasteiger partial charge in [-0.25, -0.2) is 4.99 Å². The number of nitrogens with zero attached hydrogens (tertiary/aromatic N) is 2. The molecule has 0 heterocycles. The Morgan fingerprint density at radius 1 is 1.23 bits per heavy atom. The van der Waals surface area contributed by atoms with Gasteiger partial charge in [-0.2, -0.15) is 0 Å². The molecular formula is C21H26N2O2S. The number of ketones is 1. The Balaban J connectivity index is 2.11. The summed E-state index contributed by atoms with van der Waals surface area (Å²) >= 11 is 1.65. The molecule has 0 aliphatic carbocycles. The lowest BCUT2D eigenvalue weighted by atomic mass is 10.0. The van der Waals surface area contributed by atoms with Crippen LogP contribution in [0.25, 0.3) is 0 Å². The van der Waals surface area contributed by atoms with Gasteiger partial charge in [-0.05, 0) is 68.5 Å². The zero-order valence-corrected chi connectivity index (χ0v) is 16.9. The van der Waals surface area contributed by atoms with Crippen LogP contribution in [0.1, 0.15) is 28.4 Å². The minimum Gasteiger partial charge on any atom is -0.485 e. The topological polar surface area (TPSA) is 41.9 Å². The highest BCUT2D eigenvalue weighted by atomic mass is 32.2. The lowest BCUT2D eigenvalue weighted by molar-refractivity contribution is 0.0920. The van der Waals surface area contributed by atoms with Crippen LogP contribution < -0.4 is 4.74 Å². The number of aliphatic imine (C=N–C) groups is 1. The van der Waals surface area contributed by atoms with E-state index in [-0.39, 0.29) is 12.4 Å². The lowest BCUT2D eigenvalue weighted by Gasteiger charge is -2.12. The first-order chi connectivity index (χ1) is 12.4. The number of hydrogen-bond donors (Lipinski definition) is 0. The Morgan fingerprint density at radius 2 is 2.00 bits per heavy atom. The second-order valence-electron chi connectivity index (χ2n) is 6.16. The van der Waals surface area contributed by atoms with Gasteiger partial charge in [-0.1, -0.05) is 6.07 Å². The maximum atomic E-state index is 12.6. The SMILES string of the molecule is CCN(C)C=Nc1cc(C)c(C(=O)COc2cccc(SC)c2)cc1C. The molecule has 0 amide bonds. The number of hydrogen-bond acceptors (Lipinski definition) is 4. The fourth-order valence-electron chi connectivity index (χ4n) is 2.40. The number of Topliss-reactive ketones (excluding diaryl/α,β-unsaturated/α-hetero) is 1. The summed E-state index contributed by atoms with van der Waals surface area (Å²) in [5.41, 5.74) is 3.46. The molecule has 0 atom stereocenters. The van der Waals surface area contributed by atoms with E-state index in [0.717, 1.165) is 28.3 Å². The number of benzene rings is 2. The van der Waals surface area contributed by atoms with Crippen molar-refractivity contribution >= 4 is 29.6 Å². The Morgan fingerprint density at radius 3 is 2.69 bits per heavy atom. The number of thioether (sulfide) groups is 1. The van der Waals surface area contributed by atoms with Crippen molar-refractivity contribution < 1.29 is 9.53 Å². The number of carbonyl (C=O) groups excluding carboxylic acids is 1. The van der Waals surface area contributed by atoms with Gasteiger partial charge in [0, 0.05) is 24.1 Å². The second kappa shape index (κ2) is 9.43. The van der Waals surface area contributed by atoms with E-state index < -0.39 is 0 Å². The van der Waals surface area contributed by atoms with Gasteiger partial charge in [0.25, 0.3) is 0 Å². The second-order valence-corrected chi connectivity index (χ2v) is 7.04. The van der Waals surface area contributed by atoms with Crippen LogP contribution in [-0.4, -0.2) is 43.5 Å². The molecule has 0 saturated heterocycles. The van der Waals surface area contributed by atoms with Gasteiger partial charge in [-0.3, -0.25) is 4.79 Å². The average Bonchev–Trinajstić information content (AvgIpc) is 2.66. The molecule has 0 aromatic heterocycles. The van der Waals surface area contributed by atoms with Crippen LogP contribution in [0.5, 0.6) is 5.75 Å². The quantitative estimate of drug-likeness (QED) is 0.287. The number of carbonyl (C=O) groups is 1. The summed E-state index contributed by atoms with van der Waals surface area (Å²) in [5.74, 6) is 0.685. The normalized spacial score (nSPS) is 11.0. The van der Waals surface area contributed by atoms with Crippen LogP contribution in [0.2, 0.25) is 0 Å². The fourth-order valence-corrected chi connectivity index (χ4v) is 2.85. The summed E-state index contributed by atoms with van der Waals surface area (Å²) in [6, 6.07) is 11.6. The number of aryl methyl sites for hydroxylation is 2. The summed E-state index contributed by atoms with van der Waals surface area (Å²) in [6.45, 7) is 6.90. The summed E-state index contributed by atoms with van der Waals surface area (Å²) in [7, 11) is 1.98. The molecule has 0 bridgehead atoms. The van der Waals surface area contributed by atoms with Gasteiger partial charge in [0.1, 0.15) is 5.75 Å². The molecule has 0 saturated carbocycles. The van der Waals surface area contributed by atoms with Gasteiger partial charge in [0.15, 0.2) is 12.4 Å². The zero-order chi connectivity index (χ0) is 19.1. The monoisotopic (exact) mass is 370 g/mol. The third-order valence-electron chi connectivity index (χ3n) is 4.15. The van der Waals surface area contributed by atoms with E-state index in [2.05, 4.69) is 11.9 Å². The molecule has 0 radical (unpaired) electrons. The molecular weight excluding hydrogens is 344 g/mol. The van der Waals surface area contributed by atoms with E-state index in [9.17, 15) is 4.79 Å². The van der Waals surface area contributed by atoms with Crippen LogP contribution in [0.15, 0.2) is 46.3 Å². The molecule has 0 unspecified atom stereocenters. The van der Waals surface area contributed by atoms with Crippen molar-refractivity contribution in [1.82, 2.24) is 4.90 Å². The molecule has 0 aliphatic rings. The van der Waals surface area contributed by atoms with Crippen LogP contribution in [0.3, 0.4) is 0 Å². The highest BCUT2D eigenvalue weighted by Crippen LogP contribution is 2.24. The minimum atomic E-state index is -0.0265. The Kier molecular flexibility index (Phi) is 7.27. The van der Waals surface area contributed by atoms with E-state index in [1.54, 1.807) is 11.8 Å². The van der Waals surface area contributed by atoms with Crippen molar-refractivity contribution in [3.05, 3.63) is 53.1 Å². The van der Waals surface area contributed by atoms with Crippen molar-refractivity contribution in [2.45, 2.75) is 25.7 Å². The van der Waals surface area contributed by atoms with E-state index in [0.29, 0.717) is 11.3 Å². The Hall–Kier alpha value is -2.27. The minimum absolute atomic E-state index is 0.0265. The van der Waals surface area contributed by atoms with E-state index in [4.69, 9.17) is 4.74 Å². The maximum absolute atomic E-state index is 12.6. The lowest BCUT2D eigenvalue weighted by Crippen LogP contribution is -2.14. The van der Waals surface area contributed by atoms with Gasteiger partial charge < -0.3 is 9.64 Å². The molecule has 2 rings (SSSR count).